The number of thiazole rings is 1. The Bertz CT molecular complexity index is 541. The number of fused-ring (bicyclic) bond motifs is 1. The number of benzene rings is 1. The lowest BCUT2D eigenvalue weighted by Gasteiger charge is -1.95. The van der Waals surface area contributed by atoms with Crippen molar-refractivity contribution in [1.29, 1.82) is 0 Å². The lowest BCUT2D eigenvalue weighted by atomic mass is 10.3. The molecule has 5 nitrogen and oxygen atoms in total. The third-order valence-electron chi connectivity index (χ3n) is 2.09. The Morgan fingerprint density at radius 2 is 2.00 bits per heavy atom. The molecule has 0 amide bonds. The third-order valence-corrected chi connectivity index (χ3v) is 3.13. The van der Waals surface area contributed by atoms with Gasteiger partial charge in [0.05, 0.1) is 10.2 Å². The number of rotatable bonds is 2. The second-order valence-electron chi connectivity index (χ2n) is 3.12. The Balaban J connectivity index is 2.55. The molecule has 2 N–H and O–H groups in total. The van der Waals surface area contributed by atoms with E-state index in [-0.39, 0.29) is 11.4 Å². The molecule has 0 spiro atoms. The van der Waals surface area contributed by atoms with E-state index >= 15 is 0 Å². The Hall–Kier alpha value is -1.95. The predicted octanol–water partition coefficient (Wildman–Crippen LogP) is 2.32. The maximum Gasteiger partial charge on any atom is 0.163 e. The van der Waals surface area contributed by atoms with E-state index in [1.165, 1.54) is 11.3 Å². The van der Waals surface area contributed by atoms with Crippen LogP contribution in [-0.4, -0.2) is 26.8 Å². The van der Waals surface area contributed by atoms with Crippen molar-refractivity contribution in [2.45, 2.75) is 6.92 Å². The monoisotopic (exact) mass is 235 g/mol. The number of para-hydroxylation sites is 1. The molecule has 2 aromatic rings. The summed E-state index contributed by atoms with van der Waals surface area (Å²) in [5, 5.41) is 24.1. The van der Waals surface area contributed by atoms with E-state index in [1.54, 1.807) is 6.92 Å². The van der Waals surface area contributed by atoms with Gasteiger partial charge >= 0.3 is 0 Å². The molecule has 1 heterocycles. The van der Waals surface area contributed by atoms with Crippen LogP contribution in [0.15, 0.2) is 34.6 Å². The summed E-state index contributed by atoms with van der Waals surface area (Å²) in [6, 6.07) is 7.59. The summed E-state index contributed by atoms with van der Waals surface area (Å²) < 4.78 is 0.990. The first-order chi connectivity index (χ1) is 7.76. The summed E-state index contributed by atoms with van der Waals surface area (Å²) in [7, 11) is 0. The first-order valence-electron chi connectivity index (χ1n) is 4.53. The van der Waals surface area contributed by atoms with Gasteiger partial charge in [0.25, 0.3) is 0 Å². The topological polar surface area (TPSA) is 78.1 Å². The second kappa shape index (κ2) is 4.28. The molecule has 82 valence electrons. The highest BCUT2D eigenvalue weighted by Crippen LogP contribution is 2.22. The van der Waals surface area contributed by atoms with Gasteiger partial charge in [0.2, 0.25) is 0 Å². The molecule has 0 aliphatic carbocycles. The minimum atomic E-state index is 0.184. The molecular weight excluding hydrogens is 226 g/mol. The Morgan fingerprint density at radius 1 is 1.25 bits per heavy atom. The average Bonchev–Trinajstić information content (AvgIpc) is 2.72. The molecule has 2 rings (SSSR count). The first-order valence-corrected chi connectivity index (χ1v) is 5.35. The van der Waals surface area contributed by atoms with Crippen molar-refractivity contribution >= 4 is 33.0 Å². The molecule has 0 atom stereocenters. The lowest BCUT2D eigenvalue weighted by Crippen LogP contribution is -2.11. The fourth-order valence-corrected chi connectivity index (χ4v) is 2.29. The minimum Gasteiger partial charge on any atom is -0.411 e. The van der Waals surface area contributed by atoms with Gasteiger partial charge in [-0.05, 0) is 19.1 Å². The van der Waals surface area contributed by atoms with Gasteiger partial charge in [-0.2, -0.15) is 0 Å². The van der Waals surface area contributed by atoms with Crippen molar-refractivity contribution in [3.63, 3.8) is 0 Å². The van der Waals surface area contributed by atoms with E-state index in [0.717, 1.165) is 10.2 Å². The van der Waals surface area contributed by atoms with E-state index < -0.39 is 0 Å². The molecule has 0 aliphatic rings. The number of aromatic nitrogens is 1. The highest BCUT2D eigenvalue weighted by atomic mass is 32.1. The van der Waals surface area contributed by atoms with Crippen molar-refractivity contribution in [1.82, 2.24) is 4.98 Å². The van der Waals surface area contributed by atoms with Crippen molar-refractivity contribution in [2.24, 2.45) is 10.3 Å². The van der Waals surface area contributed by atoms with Crippen molar-refractivity contribution in [3.8, 4) is 0 Å². The Kier molecular flexibility index (Phi) is 2.82. The second-order valence-corrected chi connectivity index (χ2v) is 4.15. The summed E-state index contributed by atoms with van der Waals surface area (Å²) in [6.07, 6.45) is 0. The van der Waals surface area contributed by atoms with Crippen LogP contribution in [0.3, 0.4) is 0 Å². The van der Waals surface area contributed by atoms with Crippen LogP contribution in [0.1, 0.15) is 11.9 Å². The highest BCUT2D eigenvalue weighted by Gasteiger charge is 2.14. The predicted molar refractivity (Wildman–Crippen MR) is 62.8 cm³/mol. The molecule has 0 saturated heterocycles. The van der Waals surface area contributed by atoms with Gasteiger partial charge in [-0.25, -0.2) is 4.98 Å². The third kappa shape index (κ3) is 1.74. The maximum absolute atomic E-state index is 8.87. The molecule has 1 aromatic carbocycles. The number of oxime groups is 2. The summed E-state index contributed by atoms with van der Waals surface area (Å²) in [6.45, 7) is 1.54. The number of hydrogen-bond acceptors (Lipinski definition) is 6. The van der Waals surface area contributed by atoms with Gasteiger partial charge in [0.1, 0.15) is 10.7 Å². The molecule has 0 unspecified atom stereocenters. The standard InChI is InChI=1S/C10H9N3O2S/c1-6(12-14)9(13-15)10-11-7-4-2-3-5-8(7)16-10/h2-5,14-15H,1H3/b12-6-,13-9-. The van der Waals surface area contributed by atoms with Gasteiger partial charge in [0, 0.05) is 0 Å². The van der Waals surface area contributed by atoms with Crippen LogP contribution in [0, 0.1) is 0 Å². The van der Waals surface area contributed by atoms with Gasteiger partial charge in [-0.15, -0.1) is 11.3 Å². The van der Waals surface area contributed by atoms with E-state index in [9.17, 15) is 0 Å². The van der Waals surface area contributed by atoms with Crippen LogP contribution in [0.25, 0.3) is 10.2 Å². The molecule has 0 bridgehead atoms. The van der Waals surface area contributed by atoms with Gasteiger partial charge in [-0.1, -0.05) is 22.4 Å². The summed E-state index contributed by atoms with van der Waals surface area (Å²) in [4.78, 5) is 4.29. The molecule has 0 saturated carbocycles. The van der Waals surface area contributed by atoms with Crippen LogP contribution in [-0.2, 0) is 0 Å². The van der Waals surface area contributed by atoms with E-state index in [1.807, 2.05) is 24.3 Å². The van der Waals surface area contributed by atoms with E-state index in [2.05, 4.69) is 15.3 Å². The number of hydrogen-bond donors (Lipinski definition) is 2. The molecule has 0 radical (unpaired) electrons. The maximum atomic E-state index is 8.87. The quantitative estimate of drug-likeness (QED) is 0.476. The Labute approximate surface area is 95.4 Å². The molecule has 16 heavy (non-hydrogen) atoms. The summed E-state index contributed by atoms with van der Waals surface area (Å²) in [5.74, 6) is 0. The zero-order chi connectivity index (χ0) is 11.5. The fraction of sp³-hybridized carbons (Fsp3) is 0.100. The van der Waals surface area contributed by atoms with Gasteiger partial charge in [-0.3, -0.25) is 0 Å². The SMILES string of the molecule is CC(=N/O)/C(=N/O)c1nc2ccccc2s1. The van der Waals surface area contributed by atoms with Crippen LogP contribution in [0.5, 0.6) is 0 Å². The zero-order valence-corrected chi connectivity index (χ0v) is 9.27. The molecular formula is C10H9N3O2S. The minimum absolute atomic E-state index is 0.184. The fourth-order valence-electron chi connectivity index (χ4n) is 1.29. The van der Waals surface area contributed by atoms with E-state index in [4.69, 9.17) is 10.4 Å². The smallest absolute Gasteiger partial charge is 0.163 e. The van der Waals surface area contributed by atoms with Crippen molar-refractivity contribution < 1.29 is 10.4 Å². The van der Waals surface area contributed by atoms with Gasteiger partial charge < -0.3 is 10.4 Å². The van der Waals surface area contributed by atoms with Crippen LogP contribution in [0.2, 0.25) is 0 Å². The first kappa shape index (κ1) is 10.6. The lowest BCUT2D eigenvalue weighted by molar-refractivity contribution is 0.314. The van der Waals surface area contributed by atoms with Crippen LogP contribution < -0.4 is 0 Å². The average molecular weight is 235 g/mol. The van der Waals surface area contributed by atoms with Crippen LogP contribution >= 0.6 is 11.3 Å². The number of nitrogens with zero attached hydrogens (tertiary/aromatic N) is 3. The van der Waals surface area contributed by atoms with Crippen molar-refractivity contribution in [2.75, 3.05) is 0 Å². The Morgan fingerprint density at radius 3 is 2.62 bits per heavy atom. The molecule has 1 aromatic heterocycles. The highest BCUT2D eigenvalue weighted by molar-refractivity contribution is 7.21. The zero-order valence-electron chi connectivity index (χ0n) is 8.45. The summed E-state index contributed by atoms with van der Waals surface area (Å²) in [5.41, 5.74) is 1.24. The molecule has 0 aliphatic heterocycles. The molecule has 0 fully saturated rings. The summed E-state index contributed by atoms with van der Waals surface area (Å²) >= 11 is 1.38. The normalized spacial score (nSPS) is 13.3. The van der Waals surface area contributed by atoms with Crippen molar-refractivity contribution in [3.05, 3.63) is 29.3 Å². The largest absolute Gasteiger partial charge is 0.411 e. The van der Waals surface area contributed by atoms with Crippen LogP contribution in [0.4, 0.5) is 0 Å². The van der Waals surface area contributed by atoms with Gasteiger partial charge in [0.15, 0.2) is 5.71 Å². The molecule has 6 heteroatoms. The van der Waals surface area contributed by atoms with E-state index in [0.29, 0.717) is 5.01 Å².